The van der Waals surface area contributed by atoms with E-state index in [-0.39, 0.29) is 17.4 Å². The maximum absolute atomic E-state index is 12.9. The van der Waals surface area contributed by atoms with Crippen molar-refractivity contribution in [2.75, 3.05) is 10.2 Å². The number of aromatic nitrogens is 1. The van der Waals surface area contributed by atoms with E-state index in [1.807, 2.05) is 31.4 Å². The second kappa shape index (κ2) is 6.44. The number of hydrogen-bond donors (Lipinski definition) is 1. The highest BCUT2D eigenvalue weighted by molar-refractivity contribution is 7.13. The van der Waals surface area contributed by atoms with Crippen LogP contribution in [0.2, 0.25) is 0 Å². The van der Waals surface area contributed by atoms with E-state index in [4.69, 9.17) is 0 Å². The second-order valence-electron chi connectivity index (χ2n) is 6.24. The van der Waals surface area contributed by atoms with Crippen LogP contribution in [-0.4, -0.2) is 22.7 Å². The standard InChI is InChI=1S/C20H15N3O3S/c1-11-5-3-4-6-16(11)23-18(25)14-8-7-13(9-15(14)19(23)26)17(24)22-20-21-12(2)10-27-20/h3-10H,1-2H3,(H,21,22,24). The van der Waals surface area contributed by atoms with Crippen molar-refractivity contribution in [2.45, 2.75) is 13.8 Å². The van der Waals surface area contributed by atoms with Gasteiger partial charge in [-0.05, 0) is 43.7 Å². The number of para-hydroxylation sites is 1. The van der Waals surface area contributed by atoms with Crippen molar-refractivity contribution in [2.24, 2.45) is 0 Å². The summed E-state index contributed by atoms with van der Waals surface area (Å²) < 4.78 is 0. The van der Waals surface area contributed by atoms with Crippen LogP contribution >= 0.6 is 11.3 Å². The van der Waals surface area contributed by atoms with Crippen LogP contribution in [0.5, 0.6) is 0 Å². The molecule has 0 unspecified atom stereocenters. The molecule has 0 spiro atoms. The summed E-state index contributed by atoms with van der Waals surface area (Å²) in [5.41, 5.74) is 3.02. The fraction of sp³-hybridized carbons (Fsp3) is 0.100. The van der Waals surface area contributed by atoms with Crippen LogP contribution in [0.15, 0.2) is 47.8 Å². The minimum absolute atomic E-state index is 0.228. The number of thiazole rings is 1. The SMILES string of the molecule is Cc1csc(NC(=O)c2ccc3c(c2)C(=O)N(c2ccccc2C)C3=O)n1. The number of nitrogens with zero attached hydrogens (tertiary/aromatic N) is 2. The molecule has 0 saturated carbocycles. The Balaban J connectivity index is 1.66. The van der Waals surface area contributed by atoms with Gasteiger partial charge in [-0.25, -0.2) is 9.88 Å². The van der Waals surface area contributed by atoms with E-state index < -0.39 is 5.91 Å². The number of carbonyl (C=O) groups is 3. The van der Waals surface area contributed by atoms with Gasteiger partial charge in [-0.15, -0.1) is 11.3 Å². The van der Waals surface area contributed by atoms with Crippen molar-refractivity contribution in [3.8, 4) is 0 Å². The maximum Gasteiger partial charge on any atom is 0.266 e. The number of nitrogens with one attached hydrogen (secondary N) is 1. The van der Waals surface area contributed by atoms with Crippen molar-refractivity contribution in [1.82, 2.24) is 4.98 Å². The predicted molar refractivity (Wildman–Crippen MR) is 104 cm³/mol. The molecule has 1 aliphatic rings. The van der Waals surface area contributed by atoms with Crippen molar-refractivity contribution in [1.29, 1.82) is 0 Å². The summed E-state index contributed by atoms with van der Waals surface area (Å²) in [6, 6.07) is 11.7. The highest BCUT2D eigenvalue weighted by Crippen LogP contribution is 2.31. The molecule has 1 aromatic heterocycles. The molecule has 4 rings (SSSR count). The second-order valence-corrected chi connectivity index (χ2v) is 7.10. The molecule has 1 aliphatic heterocycles. The normalized spacial score (nSPS) is 13.0. The van der Waals surface area contributed by atoms with Crippen LogP contribution in [0.1, 0.15) is 42.3 Å². The predicted octanol–water partition coefficient (Wildman–Crippen LogP) is 3.81. The highest BCUT2D eigenvalue weighted by Gasteiger charge is 2.37. The van der Waals surface area contributed by atoms with Gasteiger partial charge < -0.3 is 0 Å². The lowest BCUT2D eigenvalue weighted by molar-refractivity contribution is 0.0925. The first-order valence-corrected chi connectivity index (χ1v) is 9.15. The van der Waals surface area contributed by atoms with Gasteiger partial charge in [0.1, 0.15) is 0 Å². The van der Waals surface area contributed by atoms with E-state index in [9.17, 15) is 14.4 Å². The molecular formula is C20H15N3O3S. The highest BCUT2D eigenvalue weighted by atomic mass is 32.1. The van der Waals surface area contributed by atoms with Gasteiger partial charge in [0, 0.05) is 10.9 Å². The monoisotopic (exact) mass is 377 g/mol. The largest absolute Gasteiger partial charge is 0.298 e. The van der Waals surface area contributed by atoms with E-state index >= 15 is 0 Å². The van der Waals surface area contributed by atoms with Gasteiger partial charge in [0.05, 0.1) is 22.5 Å². The zero-order valence-electron chi connectivity index (χ0n) is 14.6. The molecule has 134 valence electrons. The van der Waals surface area contributed by atoms with Gasteiger partial charge in [0.15, 0.2) is 5.13 Å². The van der Waals surface area contributed by atoms with Gasteiger partial charge in [0.25, 0.3) is 17.7 Å². The van der Waals surface area contributed by atoms with E-state index in [1.54, 1.807) is 18.2 Å². The fourth-order valence-electron chi connectivity index (χ4n) is 3.00. The van der Waals surface area contributed by atoms with Gasteiger partial charge in [-0.1, -0.05) is 18.2 Å². The first-order chi connectivity index (χ1) is 13.0. The number of aryl methyl sites for hydroxylation is 2. The molecule has 7 heteroatoms. The molecule has 0 fully saturated rings. The molecule has 2 aromatic carbocycles. The Morgan fingerprint density at radius 1 is 1.04 bits per heavy atom. The first-order valence-electron chi connectivity index (χ1n) is 8.27. The van der Waals surface area contributed by atoms with E-state index in [0.717, 1.165) is 16.2 Å². The van der Waals surface area contributed by atoms with E-state index in [2.05, 4.69) is 10.3 Å². The van der Waals surface area contributed by atoms with Crippen molar-refractivity contribution in [3.63, 3.8) is 0 Å². The van der Waals surface area contributed by atoms with Crippen LogP contribution in [0, 0.1) is 13.8 Å². The maximum atomic E-state index is 12.9. The third kappa shape index (κ3) is 2.92. The van der Waals surface area contributed by atoms with Crippen LogP contribution in [0.25, 0.3) is 0 Å². The minimum atomic E-state index is -0.427. The number of fused-ring (bicyclic) bond motifs is 1. The lowest BCUT2D eigenvalue weighted by Crippen LogP contribution is -2.29. The van der Waals surface area contributed by atoms with Crippen molar-refractivity contribution >= 4 is 39.9 Å². The number of hydrogen-bond acceptors (Lipinski definition) is 5. The topological polar surface area (TPSA) is 79.4 Å². The van der Waals surface area contributed by atoms with E-state index in [1.165, 1.54) is 23.5 Å². The fourth-order valence-corrected chi connectivity index (χ4v) is 3.68. The Morgan fingerprint density at radius 3 is 2.48 bits per heavy atom. The molecule has 0 aliphatic carbocycles. The van der Waals surface area contributed by atoms with Crippen molar-refractivity contribution in [3.05, 3.63) is 75.8 Å². The molecule has 0 saturated heterocycles. The lowest BCUT2D eigenvalue weighted by Gasteiger charge is -2.16. The molecule has 3 aromatic rings. The number of carbonyl (C=O) groups excluding carboxylic acids is 3. The average molecular weight is 377 g/mol. The number of benzene rings is 2. The molecule has 1 N–H and O–H groups in total. The van der Waals surface area contributed by atoms with Crippen LogP contribution in [0.4, 0.5) is 10.8 Å². The Morgan fingerprint density at radius 2 is 1.78 bits per heavy atom. The summed E-state index contributed by atoms with van der Waals surface area (Å²) in [5.74, 6) is -1.18. The third-order valence-corrected chi connectivity index (χ3v) is 5.22. The number of amides is 3. The van der Waals surface area contributed by atoms with Gasteiger partial charge in [0.2, 0.25) is 0 Å². The number of anilines is 2. The molecule has 0 radical (unpaired) electrons. The first kappa shape index (κ1) is 17.1. The molecule has 3 amide bonds. The van der Waals surface area contributed by atoms with Gasteiger partial charge in [-0.2, -0.15) is 0 Å². The molecule has 0 bridgehead atoms. The Kier molecular flexibility index (Phi) is 4.08. The summed E-state index contributed by atoms with van der Waals surface area (Å²) in [6.07, 6.45) is 0. The average Bonchev–Trinajstić information content (AvgIpc) is 3.17. The van der Waals surface area contributed by atoms with Crippen LogP contribution in [0.3, 0.4) is 0 Å². The Labute approximate surface area is 159 Å². The Hall–Kier alpha value is -3.32. The van der Waals surface area contributed by atoms with Crippen LogP contribution < -0.4 is 10.2 Å². The van der Waals surface area contributed by atoms with Crippen LogP contribution in [-0.2, 0) is 0 Å². The molecule has 2 heterocycles. The summed E-state index contributed by atoms with van der Waals surface area (Å²) in [7, 11) is 0. The lowest BCUT2D eigenvalue weighted by atomic mass is 10.1. The summed E-state index contributed by atoms with van der Waals surface area (Å²) >= 11 is 1.33. The minimum Gasteiger partial charge on any atom is -0.298 e. The van der Waals surface area contributed by atoms with Gasteiger partial charge >= 0.3 is 0 Å². The summed E-state index contributed by atoms with van der Waals surface area (Å²) in [5, 5.41) is 5.03. The zero-order valence-corrected chi connectivity index (χ0v) is 15.5. The number of rotatable bonds is 3. The molecule has 0 atom stereocenters. The van der Waals surface area contributed by atoms with Crippen molar-refractivity contribution < 1.29 is 14.4 Å². The molecular weight excluding hydrogens is 362 g/mol. The summed E-state index contributed by atoms with van der Waals surface area (Å²) in [4.78, 5) is 43.4. The molecule has 6 nitrogen and oxygen atoms in total. The Bertz CT molecular complexity index is 1100. The van der Waals surface area contributed by atoms with Gasteiger partial charge in [-0.3, -0.25) is 19.7 Å². The molecule has 27 heavy (non-hydrogen) atoms. The summed E-state index contributed by atoms with van der Waals surface area (Å²) in [6.45, 7) is 3.68. The zero-order chi connectivity index (χ0) is 19.1. The quantitative estimate of drug-likeness (QED) is 0.704. The van der Waals surface area contributed by atoms with E-state index in [0.29, 0.717) is 21.9 Å². The smallest absolute Gasteiger partial charge is 0.266 e. The number of imide groups is 1. The third-order valence-electron chi connectivity index (χ3n) is 4.34.